The summed E-state index contributed by atoms with van der Waals surface area (Å²) in [4.78, 5) is 6.64. The zero-order valence-electron chi connectivity index (χ0n) is 3.05. The van der Waals surface area contributed by atoms with Gasteiger partial charge in [-0.2, -0.15) is 0 Å². The van der Waals surface area contributed by atoms with Gasteiger partial charge in [-0.1, -0.05) is 0 Å². The van der Waals surface area contributed by atoms with E-state index >= 15 is 0 Å². The summed E-state index contributed by atoms with van der Waals surface area (Å²) in [6, 6.07) is 0. The maximum absolute atomic E-state index is 3.83. The number of imidazole rings is 1. The van der Waals surface area contributed by atoms with E-state index in [4.69, 9.17) is 0 Å². The van der Waals surface area contributed by atoms with Crippen molar-refractivity contribution in [1.82, 2.24) is 9.97 Å². The molecule has 32 valence electrons. The maximum atomic E-state index is 3.83. The fourth-order valence-corrected chi connectivity index (χ4v) is 0.530. The van der Waals surface area contributed by atoms with E-state index in [-0.39, 0.29) is 0 Å². The monoisotopic (exact) mass is 148 g/mol. The van der Waals surface area contributed by atoms with Gasteiger partial charge in [0.15, 0.2) is 0 Å². The van der Waals surface area contributed by atoms with Crippen LogP contribution in [0.15, 0.2) is 12.5 Å². The van der Waals surface area contributed by atoms with E-state index in [1.807, 2.05) is 6.20 Å². The van der Waals surface area contributed by atoms with Gasteiger partial charge in [0.25, 0.3) is 0 Å². The van der Waals surface area contributed by atoms with Crippen LogP contribution in [-0.2, 0) is 0 Å². The molecule has 1 rings (SSSR count). The Morgan fingerprint density at radius 1 is 1.83 bits per heavy atom. The van der Waals surface area contributed by atoms with Crippen molar-refractivity contribution in [3.05, 3.63) is 12.5 Å². The molecule has 0 spiro atoms. The van der Waals surface area contributed by atoms with Crippen molar-refractivity contribution in [2.24, 2.45) is 0 Å². The number of aromatic nitrogens is 2. The average molecular weight is 147 g/mol. The molecular weight excluding hydrogens is 143 g/mol. The Morgan fingerprint density at radius 3 is 2.83 bits per heavy atom. The average Bonchev–Trinajstić information content (AvgIpc) is 1.86. The van der Waals surface area contributed by atoms with E-state index in [1.54, 1.807) is 6.33 Å². The molecule has 0 unspecified atom stereocenters. The number of hydrogen-bond donors (Lipinski definition) is 1. The molecule has 0 bridgehead atoms. The van der Waals surface area contributed by atoms with Crippen LogP contribution in [0, 0.1) is 0 Å². The molecule has 6 heavy (non-hydrogen) atoms. The minimum atomic E-state index is 0.975. The van der Waals surface area contributed by atoms with Crippen LogP contribution in [0.2, 0.25) is 0 Å². The van der Waals surface area contributed by atoms with E-state index < -0.39 is 0 Å². The topological polar surface area (TPSA) is 28.7 Å². The van der Waals surface area contributed by atoms with Crippen LogP contribution in [0.1, 0.15) is 0 Å². The van der Waals surface area contributed by atoms with Crippen LogP contribution in [0.5, 0.6) is 0 Å². The summed E-state index contributed by atoms with van der Waals surface area (Å²) in [5.74, 6) is 0. The molecule has 1 aromatic rings. The molecule has 0 atom stereocenters. The third kappa shape index (κ3) is 0.614. The predicted octanol–water partition coefficient (Wildman–Crippen LogP) is -1.06. The molecule has 2 nitrogen and oxygen atoms in total. The summed E-state index contributed by atoms with van der Waals surface area (Å²) in [6.07, 6.45) is 3.47. The molecule has 3 heteroatoms. The van der Waals surface area contributed by atoms with Crippen LogP contribution in [0.4, 0.5) is 0 Å². The molecule has 0 radical (unpaired) electrons. The SMILES string of the molecule is [SeH]c1c[nH]cn1. The summed E-state index contributed by atoms with van der Waals surface area (Å²) in [5, 5.41) is 0. The van der Waals surface area contributed by atoms with Crippen molar-refractivity contribution in [3.63, 3.8) is 0 Å². The fourth-order valence-electron chi connectivity index (χ4n) is 0.252. The molecule has 0 saturated carbocycles. The van der Waals surface area contributed by atoms with Gasteiger partial charge in [0.05, 0.1) is 0 Å². The molecule has 0 fully saturated rings. The Kier molecular flexibility index (Phi) is 0.945. The molecule has 1 aromatic heterocycles. The number of H-pyrrole nitrogens is 1. The van der Waals surface area contributed by atoms with Gasteiger partial charge in [0.2, 0.25) is 0 Å². The molecule has 1 heterocycles. The molecule has 0 aliphatic heterocycles. The fraction of sp³-hybridized carbons (Fsp3) is 0. The van der Waals surface area contributed by atoms with Crippen molar-refractivity contribution < 1.29 is 0 Å². The van der Waals surface area contributed by atoms with Crippen LogP contribution in [-0.4, -0.2) is 26.0 Å². The van der Waals surface area contributed by atoms with Crippen molar-refractivity contribution in [2.45, 2.75) is 0 Å². The number of hydrogen-bond acceptors (Lipinski definition) is 1. The number of rotatable bonds is 0. The second-order valence-electron chi connectivity index (χ2n) is 0.927. The number of nitrogens with one attached hydrogen (secondary N) is 1. The first-order valence-electron chi connectivity index (χ1n) is 1.57. The Hall–Kier alpha value is -0.271. The van der Waals surface area contributed by atoms with E-state index in [0.29, 0.717) is 0 Å². The molecule has 0 saturated heterocycles. The molecule has 0 aromatic carbocycles. The van der Waals surface area contributed by atoms with Crippen molar-refractivity contribution in [2.75, 3.05) is 0 Å². The van der Waals surface area contributed by atoms with Crippen LogP contribution < -0.4 is 4.59 Å². The molecule has 0 aliphatic carbocycles. The minimum absolute atomic E-state index is 0.975. The first kappa shape index (κ1) is 3.90. The Labute approximate surface area is 43.8 Å². The molecule has 1 N–H and O–H groups in total. The first-order chi connectivity index (χ1) is 2.89. The standard InChI is InChI=1S/C3H4N2Se/c6-3-1-4-2-5-3/h1-2,6H,(H,4,5). The van der Waals surface area contributed by atoms with E-state index in [9.17, 15) is 0 Å². The van der Waals surface area contributed by atoms with Gasteiger partial charge in [-0.15, -0.1) is 0 Å². The molecular formula is C3H4N2Se. The second-order valence-corrected chi connectivity index (χ2v) is 1.89. The van der Waals surface area contributed by atoms with Gasteiger partial charge < -0.3 is 0 Å². The van der Waals surface area contributed by atoms with Crippen molar-refractivity contribution >= 4 is 20.6 Å². The normalized spacial score (nSPS) is 8.83. The van der Waals surface area contributed by atoms with Gasteiger partial charge >= 0.3 is 43.1 Å². The van der Waals surface area contributed by atoms with Crippen LogP contribution >= 0.6 is 0 Å². The Morgan fingerprint density at radius 2 is 2.67 bits per heavy atom. The molecule has 0 aliphatic rings. The summed E-state index contributed by atoms with van der Waals surface area (Å²) in [7, 11) is 0. The van der Waals surface area contributed by atoms with Gasteiger partial charge in [-0.25, -0.2) is 0 Å². The number of aromatic amines is 1. The number of nitrogens with zero attached hydrogens (tertiary/aromatic N) is 1. The van der Waals surface area contributed by atoms with Crippen molar-refractivity contribution in [1.29, 1.82) is 0 Å². The molecule has 0 amide bonds. The van der Waals surface area contributed by atoms with Crippen LogP contribution in [0.25, 0.3) is 0 Å². The Balaban J connectivity index is 3.05. The first-order valence-corrected chi connectivity index (χ1v) is 2.51. The third-order valence-electron chi connectivity index (χ3n) is 0.484. The van der Waals surface area contributed by atoms with Crippen molar-refractivity contribution in [3.8, 4) is 0 Å². The summed E-state index contributed by atoms with van der Waals surface area (Å²) >= 11 is 2.34. The zero-order valence-corrected chi connectivity index (χ0v) is 4.93. The summed E-state index contributed by atoms with van der Waals surface area (Å²) in [5.41, 5.74) is 0. The summed E-state index contributed by atoms with van der Waals surface area (Å²) in [6.45, 7) is 0. The van der Waals surface area contributed by atoms with Crippen LogP contribution in [0.3, 0.4) is 0 Å². The van der Waals surface area contributed by atoms with E-state index in [2.05, 4.69) is 26.0 Å². The second kappa shape index (κ2) is 1.45. The Bertz CT molecular complexity index is 112. The summed E-state index contributed by atoms with van der Waals surface area (Å²) < 4.78 is 0.975. The van der Waals surface area contributed by atoms with Gasteiger partial charge in [0.1, 0.15) is 0 Å². The zero-order chi connectivity index (χ0) is 4.41. The van der Waals surface area contributed by atoms with E-state index in [1.165, 1.54) is 0 Å². The van der Waals surface area contributed by atoms with Gasteiger partial charge in [-0.3, -0.25) is 0 Å². The third-order valence-corrected chi connectivity index (χ3v) is 0.997. The van der Waals surface area contributed by atoms with Gasteiger partial charge in [-0.05, 0) is 0 Å². The van der Waals surface area contributed by atoms with E-state index in [0.717, 1.165) is 4.59 Å². The van der Waals surface area contributed by atoms with Gasteiger partial charge in [0, 0.05) is 0 Å². The quantitative estimate of drug-likeness (QED) is 0.465. The predicted molar refractivity (Wildman–Crippen MR) is 25.4 cm³/mol.